The minimum atomic E-state index is -2.34. The van der Waals surface area contributed by atoms with Gasteiger partial charge in [0.2, 0.25) is 22.1 Å². The normalized spacial score (nSPS) is 8.57. The molecule has 0 unspecified atom stereocenters. The Labute approximate surface area is 82.5 Å². The number of nitrogens with one attached hydrogen (secondary N) is 2. The highest BCUT2D eigenvalue weighted by Crippen LogP contribution is 1.72. The monoisotopic (exact) mass is 218 g/mol. The van der Waals surface area contributed by atoms with Crippen LogP contribution in [0, 0.1) is 0 Å². The lowest BCUT2D eigenvalue weighted by Crippen LogP contribution is -2.36. The maximum Gasteiger partial charge on any atom is 0.244 e. The van der Waals surface area contributed by atoms with E-state index in [-0.39, 0.29) is 13.1 Å². The van der Waals surface area contributed by atoms with Crippen molar-refractivity contribution in [2.45, 2.75) is 6.42 Å². The number of carbonyl (C=O) groups excluding carboxylic acids is 2. The van der Waals surface area contributed by atoms with Gasteiger partial charge in [0.05, 0.1) is 13.1 Å². The van der Waals surface area contributed by atoms with E-state index in [1.165, 1.54) is 0 Å². The molecule has 0 saturated heterocycles. The summed E-state index contributed by atoms with van der Waals surface area (Å²) < 4.78 is 20.0. The van der Waals surface area contributed by atoms with Crippen LogP contribution in [-0.4, -0.2) is 32.3 Å². The van der Waals surface area contributed by atoms with Gasteiger partial charge in [-0.2, -0.15) is 8.42 Å². The fourth-order valence-corrected chi connectivity index (χ4v) is 0.805. The van der Waals surface area contributed by atoms with Gasteiger partial charge >= 0.3 is 0 Å². The molecule has 0 aromatic rings. The molecular weight excluding hydrogens is 208 g/mol. The average molecular weight is 218 g/mol. The summed E-state index contributed by atoms with van der Waals surface area (Å²) >= 11 is 0. The summed E-state index contributed by atoms with van der Waals surface area (Å²) in [6.07, 6.45) is 0.824. The summed E-state index contributed by atoms with van der Waals surface area (Å²) in [5, 5.41) is 5.40. The van der Waals surface area contributed by atoms with Crippen LogP contribution in [0.5, 0.6) is 0 Å². The fourth-order valence-electron chi connectivity index (χ4n) is 0.518. The zero-order valence-corrected chi connectivity index (χ0v) is 8.13. The van der Waals surface area contributed by atoms with E-state index in [1.807, 2.05) is 0 Å². The number of rotatable bonds is 5. The maximum absolute atomic E-state index is 10.8. The molecule has 0 rings (SSSR count). The van der Waals surface area contributed by atoms with Crippen LogP contribution in [0.4, 0.5) is 0 Å². The molecule has 0 spiro atoms. The summed E-state index contributed by atoms with van der Waals surface area (Å²) in [6, 6.07) is 0. The van der Waals surface area contributed by atoms with Crippen molar-refractivity contribution in [3.63, 3.8) is 0 Å². The second-order valence-corrected chi connectivity index (χ2v) is 3.01. The first-order valence-corrected chi connectivity index (χ1v) is 4.78. The molecule has 2 amide bonds. The minimum absolute atomic E-state index is 0.0526. The van der Waals surface area contributed by atoms with Gasteiger partial charge in [0.25, 0.3) is 0 Å². The number of carbonyl (C=O) groups is 2. The van der Waals surface area contributed by atoms with Crippen LogP contribution in [0.25, 0.3) is 0 Å². The SMILES string of the molecule is C=CC(=O)NCNC(=O)CC=S(=O)=O. The van der Waals surface area contributed by atoms with Gasteiger partial charge in [0.1, 0.15) is 0 Å². The molecule has 0 aromatic heterocycles. The molecule has 6 nitrogen and oxygen atoms in total. The molecule has 0 bridgehead atoms. The summed E-state index contributed by atoms with van der Waals surface area (Å²) in [4.78, 5) is 21.4. The molecule has 2 N–H and O–H groups in total. The Hall–Kier alpha value is -1.63. The van der Waals surface area contributed by atoms with Crippen molar-refractivity contribution >= 4 is 27.5 Å². The van der Waals surface area contributed by atoms with E-state index < -0.39 is 22.1 Å². The van der Waals surface area contributed by atoms with Crippen molar-refractivity contribution in [2.75, 3.05) is 6.67 Å². The first-order chi connectivity index (χ1) is 6.56. The minimum Gasteiger partial charge on any atom is -0.338 e. The Kier molecular flexibility index (Phi) is 6.04. The third-order valence-electron chi connectivity index (χ3n) is 1.14. The van der Waals surface area contributed by atoms with Gasteiger partial charge in [-0.3, -0.25) is 9.59 Å². The molecule has 0 aliphatic carbocycles. The molecule has 0 fully saturated rings. The van der Waals surface area contributed by atoms with Gasteiger partial charge in [-0.05, 0) is 6.08 Å². The average Bonchev–Trinajstić information content (AvgIpc) is 2.14. The van der Waals surface area contributed by atoms with Crippen molar-refractivity contribution < 1.29 is 18.0 Å². The number of hydrogen-bond acceptors (Lipinski definition) is 4. The maximum atomic E-state index is 10.8. The van der Waals surface area contributed by atoms with E-state index in [2.05, 4.69) is 17.2 Å². The standard InChI is InChI=1S/C7H10N2O4S/c1-2-6(10)8-5-9-7(11)3-4-14(12)13/h2,4H,1,3,5H2,(H,8,10)(H,9,11). The third kappa shape index (κ3) is 7.04. The molecule has 7 heteroatoms. The Bertz CT molecular complexity index is 350. The Morgan fingerprint density at radius 1 is 1.29 bits per heavy atom. The van der Waals surface area contributed by atoms with Crippen molar-refractivity contribution in [3.8, 4) is 0 Å². The van der Waals surface area contributed by atoms with E-state index in [0.29, 0.717) is 0 Å². The van der Waals surface area contributed by atoms with E-state index >= 15 is 0 Å². The van der Waals surface area contributed by atoms with Gasteiger partial charge in [-0.1, -0.05) is 6.58 Å². The summed E-state index contributed by atoms with van der Waals surface area (Å²) in [6.45, 7) is 3.15. The Morgan fingerprint density at radius 2 is 1.93 bits per heavy atom. The molecule has 14 heavy (non-hydrogen) atoms. The molecule has 0 aliphatic heterocycles. The largest absolute Gasteiger partial charge is 0.338 e. The van der Waals surface area contributed by atoms with Crippen molar-refractivity contribution in [3.05, 3.63) is 12.7 Å². The van der Waals surface area contributed by atoms with Crippen LogP contribution < -0.4 is 10.6 Å². The fraction of sp³-hybridized carbons (Fsp3) is 0.286. The number of hydrogen-bond donors (Lipinski definition) is 2. The highest BCUT2D eigenvalue weighted by Gasteiger charge is 1.98. The van der Waals surface area contributed by atoms with E-state index in [9.17, 15) is 18.0 Å². The summed E-state index contributed by atoms with van der Waals surface area (Å²) in [7, 11) is -2.34. The van der Waals surface area contributed by atoms with Gasteiger partial charge in [0.15, 0.2) is 0 Å². The lowest BCUT2D eigenvalue weighted by Gasteiger charge is -2.02. The predicted octanol–water partition coefficient (Wildman–Crippen LogP) is -1.57. The molecule has 0 atom stereocenters. The molecule has 0 saturated carbocycles. The summed E-state index contributed by atoms with van der Waals surface area (Å²) in [5.41, 5.74) is 0. The highest BCUT2D eigenvalue weighted by atomic mass is 32.2. The smallest absolute Gasteiger partial charge is 0.244 e. The van der Waals surface area contributed by atoms with Crippen molar-refractivity contribution in [2.24, 2.45) is 0 Å². The molecule has 0 aromatic carbocycles. The van der Waals surface area contributed by atoms with E-state index in [0.717, 1.165) is 11.4 Å². The van der Waals surface area contributed by atoms with E-state index in [1.54, 1.807) is 0 Å². The lowest BCUT2D eigenvalue weighted by molar-refractivity contribution is -0.120. The van der Waals surface area contributed by atoms with Crippen LogP contribution in [-0.2, 0) is 19.9 Å². The molecule has 78 valence electrons. The summed E-state index contributed by atoms with van der Waals surface area (Å²) in [5.74, 6) is -0.903. The second-order valence-electron chi connectivity index (χ2n) is 2.15. The van der Waals surface area contributed by atoms with Crippen LogP contribution in [0.15, 0.2) is 12.7 Å². The Balaban J connectivity index is 3.70. The quantitative estimate of drug-likeness (QED) is 0.331. The van der Waals surface area contributed by atoms with E-state index in [4.69, 9.17) is 0 Å². The lowest BCUT2D eigenvalue weighted by atomic mass is 10.4. The van der Waals surface area contributed by atoms with Crippen LogP contribution in [0.1, 0.15) is 6.42 Å². The van der Waals surface area contributed by atoms with Crippen LogP contribution >= 0.6 is 0 Å². The van der Waals surface area contributed by atoms with Crippen LogP contribution in [0.2, 0.25) is 0 Å². The van der Waals surface area contributed by atoms with Crippen LogP contribution in [0.3, 0.4) is 0 Å². The van der Waals surface area contributed by atoms with Gasteiger partial charge in [-0.15, -0.1) is 0 Å². The molecule has 0 heterocycles. The number of amides is 2. The first-order valence-electron chi connectivity index (χ1n) is 3.64. The van der Waals surface area contributed by atoms with Gasteiger partial charge in [-0.25, -0.2) is 0 Å². The Morgan fingerprint density at radius 3 is 2.43 bits per heavy atom. The van der Waals surface area contributed by atoms with Gasteiger partial charge in [0, 0.05) is 5.37 Å². The predicted molar refractivity (Wildman–Crippen MR) is 51.0 cm³/mol. The van der Waals surface area contributed by atoms with Crippen molar-refractivity contribution in [1.82, 2.24) is 10.6 Å². The molecular formula is C7H10N2O4S. The second kappa shape index (κ2) is 6.84. The van der Waals surface area contributed by atoms with Gasteiger partial charge < -0.3 is 10.6 Å². The molecule has 0 aliphatic rings. The topological polar surface area (TPSA) is 92.3 Å². The first kappa shape index (κ1) is 12.4. The third-order valence-corrected chi connectivity index (χ3v) is 1.58. The zero-order valence-electron chi connectivity index (χ0n) is 7.32. The van der Waals surface area contributed by atoms with Crippen molar-refractivity contribution in [1.29, 1.82) is 0 Å². The zero-order chi connectivity index (χ0) is 11.0. The molecule has 0 radical (unpaired) electrons. The highest BCUT2D eigenvalue weighted by molar-refractivity contribution is 7.71.